The average molecular weight is 756 g/mol. The Balaban J connectivity index is 4.45. The third kappa shape index (κ3) is 37.1. The Morgan fingerprint density at radius 3 is 1.54 bits per heavy atom. The summed E-state index contributed by atoms with van der Waals surface area (Å²) >= 11 is 0. The Hall–Kier alpha value is -1.28. The smallest absolute Gasteiger partial charge is 0.387 e. The van der Waals surface area contributed by atoms with Gasteiger partial charge in [-0.3, -0.25) is 13.8 Å². The van der Waals surface area contributed by atoms with Crippen molar-refractivity contribution in [2.75, 3.05) is 40.9 Å². The van der Waals surface area contributed by atoms with Gasteiger partial charge in [0.1, 0.15) is 13.2 Å². The molecule has 0 saturated heterocycles. The molecule has 0 radical (unpaired) electrons. The van der Waals surface area contributed by atoms with Crippen molar-refractivity contribution in [2.24, 2.45) is 0 Å². The molecule has 0 aliphatic rings. The fraction of sp³-hybridized carbons (Fsp3) is 0.837. The van der Waals surface area contributed by atoms with E-state index in [9.17, 15) is 19.4 Å². The minimum atomic E-state index is -4.34. The van der Waals surface area contributed by atoms with Crippen LogP contribution in [0.1, 0.15) is 181 Å². The summed E-state index contributed by atoms with van der Waals surface area (Å²) in [6.45, 7) is 4.75. The number of nitrogens with zero attached hydrogens (tertiary/aromatic N) is 1. The highest BCUT2D eigenvalue weighted by Crippen LogP contribution is 2.43. The van der Waals surface area contributed by atoms with Gasteiger partial charge in [0.15, 0.2) is 0 Å². The van der Waals surface area contributed by atoms with Crippen LogP contribution in [0.5, 0.6) is 0 Å². The highest BCUT2D eigenvalue weighted by atomic mass is 31.2. The van der Waals surface area contributed by atoms with Crippen molar-refractivity contribution >= 4 is 13.7 Å². The molecular weight excluding hydrogens is 671 g/mol. The molecule has 3 N–H and O–H groups in total. The van der Waals surface area contributed by atoms with Crippen molar-refractivity contribution in [2.45, 2.75) is 193 Å². The lowest BCUT2D eigenvalue weighted by molar-refractivity contribution is -0.870. The Kier molecular flexibility index (Phi) is 34.6. The van der Waals surface area contributed by atoms with Crippen molar-refractivity contribution < 1.29 is 32.9 Å². The second-order valence-corrected chi connectivity index (χ2v) is 17.2. The second kappa shape index (κ2) is 35.4. The van der Waals surface area contributed by atoms with Crippen LogP contribution in [0, 0.1) is 0 Å². The number of hydrogen-bond acceptors (Lipinski definition) is 5. The zero-order valence-electron chi connectivity index (χ0n) is 34.5. The van der Waals surface area contributed by atoms with Crippen molar-refractivity contribution in [1.29, 1.82) is 0 Å². The fourth-order valence-corrected chi connectivity index (χ4v) is 6.63. The number of quaternary nitrogens is 1. The number of aliphatic hydroxyl groups excluding tert-OH is 1. The number of carbonyl (C=O) groups excluding carboxylic acids is 1. The largest absolute Gasteiger partial charge is 0.472 e. The van der Waals surface area contributed by atoms with Crippen LogP contribution in [-0.4, -0.2) is 73.4 Å². The quantitative estimate of drug-likeness (QED) is 0.0251. The van der Waals surface area contributed by atoms with Gasteiger partial charge in [0.25, 0.3) is 0 Å². The molecule has 3 atom stereocenters. The highest BCUT2D eigenvalue weighted by Gasteiger charge is 2.27. The first-order chi connectivity index (χ1) is 25.0. The number of carbonyl (C=O) groups is 1. The number of phosphoric ester groups is 1. The third-order valence-electron chi connectivity index (χ3n) is 9.34. The molecule has 0 aromatic rings. The first-order valence-corrected chi connectivity index (χ1v) is 22.9. The SMILES string of the molecule is CCCCCCCCCCCCC/C=C/CC/C=C/CC/C=C/C(O)C(COP(=O)(O)OCC[N+](C)(C)C)NC(=O)CCCCCCCCCCC. The Morgan fingerprint density at radius 1 is 0.635 bits per heavy atom. The monoisotopic (exact) mass is 756 g/mol. The number of hydrogen-bond donors (Lipinski definition) is 3. The van der Waals surface area contributed by atoms with E-state index >= 15 is 0 Å². The van der Waals surface area contributed by atoms with E-state index in [0.29, 0.717) is 17.4 Å². The Bertz CT molecular complexity index is 948. The lowest BCUT2D eigenvalue weighted by Gasteiger charge is -2.25. The molecule has 0 fully saturated rings. The van der Waals surface area contributed by atoms with Gasteiger partial charge in [0, 0.05) is 6.42 Å². The van der Waals surface area contributed by atoms with Crippen LogP contribution in [0.4, 0.5) is 0 Å². The maximum absolute atomic E-state index is 12.8. The minimum absolute atomic E-state index is 0.0542. The molecule has 0 aromatic carbocycles. The minimum Gasteiger partial charge on any atom is -0.387 e. The van der Waals surface area contributed by atoms with Gasteiger partial charge in [-0.25, -0.2) is 4.57 Å². The van der Waals surface area contributed by atoms with Gasteiger partial charge in [0.2, 0.25) is 5.91 Å². The van der Waals surface area contributed by atoms with Crippen LogP contribution in [0.3, 0.4) is 0 Å². The topological polar surface area (TPSA) is 105 Å². The summed E-state index contributed by atoms with van der Waals surface area (Å²) in [7, 11) is 1.54. The van der Waals surface area contributed by atoms with E-state index in [2.05, 4.69) is 43.5 Å². The van der Waals surface area contributed by atoms with Gasteiger partial charge in [-0.05, 0) is 44.9 Å². The van der Waals surface area contributed by atoms with E-state index in [-0.39, 0.29) is 19.1 Å². The zero-order chi connectivity index (χ0) is 38.6. The molecule has 3 unspecified atom stereocenters. The average Bonchev–Trinajstić information content (AvgIpc) is 3.09. The molecular formula is C43H84N2O6P+. The van der Waals surface area contributed by atoms with Crippen LogP contribution in [0.25, 0.3) is 0 Å². The van der Waals surface area contributed by atoms with Crippen LogP contribution in [-0.2, 0) is 18.4 Å². The van der Waals surface area contributed by atoms with Crippen molar-refractivity contribution in [3.8, 4) is 0 Å². The van der Waals surface area contributed by atoms with Gasteiger partial charge >= 0.3 is 7.82 Å². The molecule has 306 valence electrons. The number of aliphatic hydroxyl groups is 1. The lowest BCUT2D eigenvalue weighted by atomic mass is 10.1. The predicted octanol–water partition coefficient (Wildman–Crippen LogP) is 11.5. The second-order valence-electron chi connectivity index (χ2n) is 15.7. The lowest BCUT2D eigenvalue weighted by Crippen LogP contribution is -2.45. The molecule has 8 nitrogen and oxygen atoms in total. The molecule has 0 bridgehead atoms. The van der Waals surface area contributed by atoms with Crippen LogP contribution >= 0.6 is 7.82 Å². The van der Waals surface area contributed by atoms with Crippen LogP contribution in [0.15, 0.2) is 36.5 Å². The van der Waals surface area contributed by atoms with Gasteiger partial charge in [-0.1, -0.05) is 166 Å². The van der Waals surface area contributed by atoms with Crippen LogP contribution < -0.4 is 5.32 Å². The van der Waals surface area contributed by atoms with E-state index in [4.69, 9.17) is 9.05 Å². The van der Waals surface area contributed by atoms with Crippen molar-refractivity contribution in [3.63, 3.8) is 0 Å². The third-order valence-corrected chi connectivity index (χ3v) is 10.3. The normalized spacial score (nSPS) is 14.8. The number of phosphoric acid groups is 1. The molecule has 9 heteroatoms. The maximum Gasteiger partial charge on any atom is 0.472 e. The van der Waals surface area contributed by atoms with E-state index in [1.165, 1.54) is 116 Å². The standard InChI is InChI=1S/C43H83N2O6P/c1-6-8-10-12-14-16-17-18-19-20-21-22-23-24-25-26-27-29-30-32-34-36-42(46)41(40-51-52(48,49)50-39-38-45(3,4)5)44-43(47)37-35-33-31-28-15-13-11-9-7-2/h23-24,27,29,34,36,41-42,46H,6-22,25-26,28,30-33,35,37-40H2,1-5H3,(H-,44,47,48,49)/p+1/b24-23+,29-27+,36-34+. The Labute approximate surface area is 321 Å². The van der Waals surface area contributed by atoms with Crippen LogP contribution in [0.2, 0.25) is 0 Å². The summed E-state index contributed by atoms with van der Waals surface area (Å²) < 4.78 is 23.4. The number of amides is 1. The van der Waals surface area contributed by atoms with E-state index in [0.717, 1.165) is 44.9 Å². The van der Waals surface area contributed by atoms with E-state index in [1.54, 1.807) is 6.08 Å². The van der Waals surface area contributed by atoms with Gasteiger partial charge in [-0.15, -0.1) is 0 Å². The first-order valence-electron chi connectivity index (χ1n) is 21.4. The predicted molar refractivity (Wildman–Crippen MR) is 221 cm³/mol. The van der Waals surface area contributed by atoms with Gasteiger partial charge in [0.05, 0.1) is 39.9 Å². The van der Waals surface area contributed by atoms with Crippen molar-refractivity contribution in [3.05, 3.63) is 36.5 Å². The van der Waals surface area contributed by atoms with E-state index in [1.807, 2.05) is 27.2 Å². The molecule has 0 rings (SSSR count). The zero-order valence-corrected chi connectivity index (χ0v) is 35.4. The van der Waals surface area contributed by atoms with Gasteiger partial charge in [-0.2, -0.15) is 0 Å². The molecule has 0 aliphatic heterocycles. The summed E-state index contributed by atoms with van der Waals surface area (Å²) in [6, 6.07) is -0.864. The highest BCUT2D eigenvalue weighted by molar-refractivity contribution is 7.47. The summed E-state index contributed by atoms with van der Waals surface area (Å²) in [5, 5.41) is 13.7. The van der Waals surface area contributed by atoms with Crippen molar-refractivity contribution in [1.82, 2.24) is 5.32 Å². The summed E-state index contributed by atoms with van der Waals surface area (Å²) in [4.78, 5) is 23.0. The Morgan fingerprint density at radius 2 is 1.06 bits per heavy atom. The summed E-state index contributed by atoms with van der Waals surface area (Å²) in [5.74, 6) is -0.196. The number of nitrogens with one attached hydrogen (secondary N) is 1. The summed E-state index contributed by atoms with van der Waals surface area (Å²) in [5.41, 5.74) is 0. The number of allylic oxidation sites excluding steroid dienone is 5. The number of unbranched alkanes of at least 4 members (excludes halogenated alkanes) is 21. The maximum atomic E-state index is 12.8. The molecule has 52 heavy (non-hydrogen) atoms. The number of likely N-dealkylation sites (N-methyl/N-ethyl adjacent to an activating group) is 1. The van der Waals surface area contributed by atoms with E-state index < -0.39 is 20.0 Å². The fourth-order valence-electron chi connectivity index (χ4n) is 5.90. The summed E-state index contributed by atoms with van der Waals surface area (Å²) in [6.07, 6.45) is 42.3. The number of rotatable bonds is 38. The molecule has 1 amide bonds. The van der Waals surface area contributed by atoms with Gasteiger partial charge < -0.3 is 19.8 Å². The first kappa shape index (κ1) is 50.7. The molecule has 0 heterocycles. The molecule has 0 spiro atoms. The molecule has 0 aliphatic carbocycles. The molecule has 0 saturated carbocycles. The molecule has 0 aromatic heterocycles.